The first-order chi connectivity index (χ1) is 9.88. The number of carbonyl (C=O) groups is 1. The molecule has 5 nitrogen and oxygen atoms in total. The van der Waals surface area contributed by atoms with Crippen LogP contribution in [0.15, 0.2) is 30.5 Å². The van der Waals surface area contributed by atoms with Crippen LogP contribution in [0.4, 0.5) is 9.57 Å². The van der Waals surface area contributed by atoms with Crippen LogP contribution in [0.5, 0.6) is 0 Å². The van der Waals surface area contributed by atoms with Crippen molar-refractivity contribution >= 4 is 32.7 Å². The molecule has 0 radical (unpaired) electrons. The fourth-order valence-corrected chi connectivity index (χ4v) is 3.30. The molecule has 21 heavy (non-hydrogen) atoms. The SMILES string of the molecule is Cc1ccc(N2CC(S(=O)(=O)F)CC2=O)c2cccnc12. The maximum absolute atomic E-state index is 13.1. The van der Waals surface area contributed by atoms with Crippen LogP contribution in [0.1, 0.15) is 12.0 Å². The van der Waals surface area contributed by atoms with Gasteiger partial charge in [0.1, 0.15) is 5.25 Å². The summed E-state index contributed by atoms with van der Waals surface area (Å²) in [6.45, 7) is 1.74. The van der Waals surface area contributed by atoms with Crippen molar-refractivity contribution in [1.29, 1.82) is 0 Å². The maximum atomic E-state index is 13.1. The van der Waals surface area contributed by atoms with Gasteiger partial charge in [-0.1, -0.05) is 6.07 Å². The van der Waals surface area contributed by atoms with Gasteiger partial charge < -0.3 is 4.90 Å². The summed E-state index contributed by atoms with van der Waals surface area (Å²) in [6, 6.07) is 7.12. The normalized spacial score (nSPS) is 19.4. The molecule has 0 saturated carbocycles. The van der Waals surface area contributed by atoms with Crippen molar-refractivity contribution in [2.24, 2.45) is 0 Å². The number of pyridine rings is 1. The smallest absolute Gasteiger partial charge is 0.307 e. The van der Waals surface area contributed by atoms with Crippen LogP contribution < -0.4 is 4.90 Å². The fourth-order valence-electron chi connectivity index (χ4n) is 2.63. The van der Waals surface area contributed by atoms with Crippen LogP contribution in [0.25, 0.3) is 10.9 Å². The molecule has 110 valence electrons. The molecule has 0 bridgehead atoms. The van der Waals surface area contributed by atoms with Crippen molar-refractivity contribution in [1.82, 2.24) is 4.98 Å². The van der Waals surface area contributed by atoms with E-state index in [1.807, 2.05) is 19.1 Å². The van der Waals surface area contributed by atoms with Gasteiger partial charge in [-0.2, -0.15) is 8.42 Å². The van der Waals surface area contributed by atoms with E-state index in [2.05, 4.69) is 4.98 Å². The minimum absolute atomic E-state index is 0.162. The molecule has 1 saturated heterocycles. The van der Waals surface area contributed by atoms with Gasteiger partial charge in [-0.25, -0.2) is 0 Å². The number of anilines is 1. The second kappa shape index (κ2) is 4.77. The number of amides is 1. The Labute approximate surface area is 121 Å². The van der Waals surface area contributed by atoms with Crippen molar-refractivity contribution in [3.63, 3.8) is 0 Å². The number of benzene rings is 1. The first kappa shape index (κ1) is 13.9. The second-order valence-electron chi connectivity index (χ2n) is 5.11. The third-order valence-corrected chi connectivity index (χ3v) is 4.84. The molecule has 0 N–H and O–H groups in total. The zero-order valence-electron chi connectivity index (χ0n) is 11.3. The number of hydrogen-bond acceptors (Lipinski definition) is 4. The van der Waals surface area contributed by atoms with E-state index < -0.39 is 21.4 Å². The Bertz CT molecular complexity index is 835. The number of carbonyl (C=O) groups excluding carboxylic acids is 1. The predicted molar refractivity (Wildman–Crippen MR) is 77.3 cm³/mol. The molecule has 1 aliphatic rings. The molecular weight excluding hydrogens is 295 g/mol. The van der Waals surface area contributed by atoms with E-state index in [1.54, 1.807) is 18.3 Å². The monoisotopic (exact) mass is 308 g/mol. The van der Waals surface area contributed by atoms with Crippen LogP contribution in [0, 0.1) is 6.92 Å². The summed E-state index contributed by atoms with van der Waals surface area (Å²) in [5.74, 6) is -0.393. The van der Waals surface area contributed by atoms with E-state index in [9.17, 15) is 17.1 Å². The van der Waals surface area contributed by atoms with Gasteiger partial charge in [0.2, 0.25) is 5.91 Å². The molecule has 0 aliphatic carbocycles. The summed E-state index contributed by atoms with van der Waals surface area (Å²) < 4.78 is 35.1. The Morgan fingerprint density at radius 3 is 2.76 bits per heavy atom. The predicted octanol–water partition coefficient (Wildman–Crippen LogP) is 1.95. The largest absolute Gasteiger partial charge is 0.310 e. The molecule has 1 aromatic carbocycles. The van der Waals surface area contributed by atoms with Crippen molar-refractivity contribution < 1.29 is 17.1 Å². The van der Waals surface area contributed by atoms with Crippen molar-refractivity contribution in [3.05, 3.63) is 36.0 Å². The highest BCUT2D eigenvalue weighted by molar-refractivity contribution is 7.87. The van der Waals surface area contributed by atoms with E-state index in [0.717, 1.165) is 16.5 Å². The van der Waals surface area contributed by atoms with E-state index in [4.69, 9.17) is 0 Å². The van der Waals surface area contributed by atoms with E-state index in [1.165, 1.54) is 4.90 Å². The highest BCUT2D eigenvalue weighted by Gasteiger charge is 2.39. The lowest BCUT2D eigenvalue weighted by Gasteiger charge is -2.19. The first-order valence-corrected chi connectivity index (χ1v) is 7.91. The molecule has 2 aromatic rings. The second-order valence-corrected chi connectivity index (χ2v) is 6.72. The summed E-state index contributed by atoms with van der Waals surface area (Å²) >= 11 is 0. The highest BCUT2D eigenvalue weighted by atomic mass is 32.3. The molecule has 1 unspecified atom stereocenters. The van der Waals surface area contributed by atoms with Crippen molar-refractivity contribution in [3.8, 4) is 0 Å². The first-order valence-electron chi connectivity index (χ1n) is 6.46. The van der Waals surface area contributed by atoms with Gasteiger partial charge in [0.05, 0.1) is 11.2 Å². The Morgan fingerprint density at radius 2 is 2.10 bits per heavy atom. The van der Waals surface area contributed by atoms with Gasteiger partial charge in [-0.15, -0.1) is 3.89 Å². The summed E-state index contributed by atoms with van der Waals surface area (Å²) in [6.07, 6.45) is 1.33. The third kappa shape index (κ3) is 2.37. The molecule has 1 aliphatic heterocycles. The zero-order valence-corrected chi connectivity index (χ0v) is 12.1. The Morgan fingerprint density at radius 1 is 1.33 bits per heavy atom. The van der Waals surface area contributed by atoms with Gasteiger partial charge in [0.15, 0.2) is 0 Å². The molecule has 1 fully saturated rings. The summed E-state index contributed by atoms with van der Waals surface area (Å²) in [5.41, 5.74) is 2.27. The number of aromatic nitrogens is 1. The lowest BCUT2D eigenvalue weighted by atomic mass is 10.1. The zero-order chi connectivity index (χ0) is 15.2. The summed E-state index contributed by atoms with van der Waals surface area (Å²) in [7, 11) is -4.72. The van der Waals surface area contributed by atoms with E-state index >= 15 is 0 Å². The van der Waals surface area contributed by atoms with Crippen LogP contribution >= 0.6 is 0 Å². The standard InChI is InChI=1S/C14H13FN2O3S/c1-9-4-5-12(11-3-2-6-16-14(9)11)17-8-10(7-13(17)18)21(15,19)20/h2-6,10H,7-8H2,1H3. The van der Waals surface area contributed by atoms with Crippen LogP contribution in [0.2, 0.25) is 0 Å². The highest BCUT2D eigenvalue weighted by Crippen LogP contribution is 2.32. The van der Waals surface area contributed by atoms with Crippen LogP contribution in [-0.2, 0) is 15.0 Å². The van der Waals surface area contributed by atoms with Gasteiger partial charge in [-0.05, 0) is 30.7 Å². The fraction of sp³-hybridized carbons (Fsp3) is 0.286. The van der Waals surface area contributed by atoms with Crippen LogP contribution in [0.3, 0.4) is 0 Å². The Kier molecular flexibility index (Phi) is 3.16. The quantitative estimate of drug-likeness (QED) is 0.795. The van der Waals surface area contributed by atoms with Gasteiger partial charge in [0.25, 0.3) is 0 Å². The molecule has 7 heteroatoms. The number of aryl methyl sites for hydroxylation is 1. The summed E-state index contributed by atoms with van der Waals surface area (Å²) in [5, 5.41) is -0.541. The van der Waals surface area contributed by atoms with Gasteiger partial charge in [-0.3, -0.25) is 9.78 Å². The Balaban J connectivity index is 2.10. The minimum atomic E-state index is -4.72. The Hall–Kier alpha value is -2.02. The van der Waals surface area contributed by atoms with Gasteiger partial charge in [0, 0.05) is 24.5 Å². The molecule has 3 rings (SSSR count). The topological polar surface area (TPSA) is 67.3 Å². The molecule has 0 spiro atoms. The lowest BCUT2D eigenvalue weighted by molar-refractivity contribution is -0.117. The van der Waals surface area contributed by atoms with E-state index in [-0.39, 0.29) is 13.0 Å². The number of fused-ring (bicyclic) bond motifs is 1. The number of nitrogens with zero attached hydrogens (tertiary/aromatic N) is 2. The lowest BCUT2D eigenvalue weighted by Crippen LogP contribution is -2.27. The summed E-state index contributed by atoms with van der Waals surface area (Å²) in [4.78, 5) is 17.6. The number of halogens is 1. The van der Waals surface area contributed by atoms with Crippen LogP contribution in [-0.4, -0.2) is 31.1 Å². The molecule has 2 heterocycles. The molecular formula is C14H13FN2O3S. The number of rotatable bonds is 2. The van der Waals surface area contributed by atoms with Crippen molar-refractivity contribution in [2.45, 2.75) is 18.6 Å². The molecule has 1 atom stereocenters. The molecule has 1 aromatic heterocycles. The number of hydrogen-bond donors (Lipinski definition) is 0. The van der Waals surface area contributed by atoms with Crippen molar-refractivity contribution in [2.75, 3.05) is 11.4 Å². The van der Waals surface area contributed by atoms with Gasteiger partial charge >= 0.3 is 10.2 Å². The average molecular weight is 308 g/mol. The maximum Gasteiger partial charge on any atom is 0.307 e. The van der Waals surface area contributed by atoms with E-state index in [0.29, 0.717) is 5.69 Å². The molecule has 1 amide bonds. The third-order valence-electron chi connectivity index (χ3n) is 3.73. The minimum Gasteiger partial charge on any atom is -0.310 e. The average Bonchev–Trinajstić information content (AvgIpc) is 2.82.